The zero-order valence-electron chi connectivity index (χ0n) is 16.9. The molecule has 0 amide bonds. The van der Waals surface area contributed by atoms with Crippen molar-refractivity contribution in [2.24, 2.45) is 5.73 Å². The van der Waals surface area contributed by atoms with Crippen LogP contribution in [-0.4, -0.2) is 24.7 Å². The maximum atomic E-state index is 13.2. The molecule has 1 aliphatic rings. The third-order valence-electron chi connectivity index (χ3n) is 5.24. The number of hydrogen-bond donors (Lipinski definition) is 2. The number of hydrogen-bond acceptors (Lipinski definition) is 6. The predicted octanol–water partition coefficient (Wildman–Crippen LogP) is 3.10. The van der Waals surface area contributed by atoms with E-state index < -0.39 is 11.9 Å². The number of aromatic amines is 1. The molecular weight excluding hydrogens is 384 g/mol. The number of carbonyl (C=O) groups excluding carboxylic acids is 1. The number of aromatic nitrogens is 1. The van der Waals surface area contributed by atoms with E-state index in [9.17, 15) is 9.59 Å². The normalized spacial score (nSPS) is 15.5. The number of nitrogens with one attached hydrogen (secondary N) is 1. The van der Waals surface area contributed by atoms with Crippen molar-refractivity contribution in [2.45, 2.75) is 19.8 Å². The van der Waals surface area contributed by atoms with Gasteiger partial charge in [-0.3, -0.25) is 4.79 Å². The minimum atomic E-state index is -0.743. The maximum absolute atomic E-state index is 13.2. The number of para-hydroxylation sites is 1. The highest BCUT2D eigenvalue weighted by atomic mass is 16.5. The summed E-state index contributed by atoms with van der Waals surface area (Å²) < 4.78 is 16.3. The van der Waals surface area contributed by atoms with Gasteiger partial charge in [-0.05, 0) is 43.2 Å². The standard InChI is InChI=1S/C23H22N2O5/c1-4-29-23(27)18-16(13-8-10-14(28-3)11-9-13)17-20(30-21(18)24)15-7-5-6-12(2)19(15)25-22(17)26/h5-11,16H,4,24H2,1-3H3,(H,25,26)/t16-/m1/s1. The number of aryl methyl sites for hydroxylation is 1. The summed E-state index contributed by atoms with van der Waals surface area (Å²) in [5, 5.41) is 0.717. The summed E-state index contributed by atoms with van der Waals surface area (Å²) in [6.45, 7) is 3.78. The fourth-order valence-corrected chi connectivity index (χ4v) is 3.83. The summed E-state index contributed by atoms with van der Waals surface area (Å²) >= 11 is 0. The monoisotopic (exact) mass is 406 g/mol. The first-order valence-corrected chi connectivity index (χ1v) is 9.60. The molecule has 1 atom stereocenters. The van der Waals surface area contributed by atoms with Crippen LogP contribution < -0.4 is 20.8 Å². The molecule has 3 N–H and O–H groups in total. The molecule has 0 aliphatic carbocycles. The van der Waals surface area contributed by atoms with E-state index in [1.165, 1.54) is 0 Å². The minimum absolute atomic E-state index is 0.0739. The summed E-state index contributed by atoms with van der Waals surface area (Å²) in [7, 11) is 1.57. The van der Waals surface area contributed by atoms with Crippen LogP contribution in [0.4, 0.5) is 0 Å². The van der Waals surface area contributed by atoms with Gasteiger partial charge in [0.25, 0.3) is 5.56 Å². The van der Waals surface area contributed by atoms with Crippen LogP contribution in [0.25, 0.3) is 10.9 Å². The first-order chi connectivity index (χ1) is 14.5. The van der Waals surface area contributed by atoms with Crippen LogP contribution in [-0.2, 0) is 9.53 Å². The van der Waals surface area contributed by atoms with Crippen LogP contribution >= 0.6 is 0 Å². The number of rotatable bonds is 4. The lowest BCUT2D eigenvalue weighted by Crippen LogP contribution is -2.32. The molecular formula is C23H22N2O5. The van der Waals surface area contributed by atoms with Crippen molar-refractivity contribution < 1.29 is 19.0 Å². The Morgan fingerprint density at radius 1 is 1.20 bits per heavy atom. The molecule has 30 heavy (non-hydrogen) atoms. The molecule has 7 nitrogen and oxygen atoms in total. The Hall–Kier alpha value is -3.74. The van der Waals surface area contributed by atoms with Gasteiger partial charge in [-0.25, -0.2) is 4.79 Å². The smallest absolute Gasteiger partial charge is 0.340 e. The molecule has 0 radical (unpaired) electrons. The highest BCUT2D eigenvalue weighted by molar-refractivity contribution is 5.95. The molecule has 2 heterocycles. The van der Waals surface area contributed by atoms with Gasteiger partial charge in [0.2, 0.25) is 5.88 Å². The van der Waals surface area contributed by atoms with Crippen LogP contribution in [0.5, 0.6) is 11.5 Å². The molecule has 0 spiro atoms. The molecule has 0 unspecified atom stereocenters. The Balaban J connectivity index is 2.03. The van der Waals surface area contributed by atoms with Crippen molar-refractivity contribution in [2.75, 3.05) is 13.7 Å². The van der Waals surface area contributed by atoms with Crippen LogP contribution in [0.2, 0.25) is 0 Å². The average Bonchev–Trinajstić information content (AvgIpc) is 2.74. The van der Waals surface area contributed by atoms with Crippen molar-refractivity contribution >= 4 is 16.9 Å². The minimum Gasteiger partial charge on any atom is -0.497 e. The van der Waals surface area contributed by atoms with Gasteiger partial charge in [-0.2, -0.15) is 0 Å². The van der Waals surface area contributed by atoms with Crippen molar-refractivity contribution in [3.8, 4) is 11.5 Å². The summed E-state index contributed by atoms with van der Waals surface area (Å²) in [6, 6.07) is 12.8. The molecule has 3 aromatic rings. The van der Waals surface area contributed by atoms with Crippen LogP contribution in [0.3, 0.4) is 0 Å². The van der Waals surface area contributed by atoms with E-state index in [0.717, 1.165) is 5.56 Å². The number of pyridine rings is 1. The molecule has 0 fully saturated rings. The van der Waals surface area contributed by atoms with Gasteiger partial charge in [0.1, 0.15) is 17.1 Å². The van der Waals surface area contributed by atoms with E-state index in [-0.39, 0.29) is 23.6 Å². The summed E-state index contributed by atoms with van der Waals surface area (Å²) in [5.41, 5.74) is 8.55. The fraction of sp³-hybridized carbons (Fsp3) is 0.217. The molecule has 0 saturated carbocycles. The molecule has 1 aliphatic heterocycles. The van der Waals surface area contributed by atoms with E-state index in [2.05, 4.69) is 4.98 Å². The summed E-state index contributed by atoms with van der Waals surface area (Å²) in [4.78, 5) is 28.9. The lowest BCUT2D eigenvalue weighted by Gasteiger charge is -2.28. The van der Waals surface area contributed by atoms with Crippen molar-refractivity contribution in [3.05, 3.63) is 81.0 Å². The van der Waals surface area contributed by atoms with Crippen LogP contribution in [0.15, 0.2) is 58.7 Å². The SMILES string of the molecule is CCOC(=O)C1=C(N)Oc2c(c(=O)[nH]c3c(C)cccc23)[C@H]1c1ccc(OC)cc1. The number of esters is 1. The van der Waals surface area contributed by atoms with Crippen molar-refractivity contribution in [1.29, 1.82) is 0 Å². The fourth-order valence-electron chi connectivity index (χ4n) is 3.83. The highest BCUT2D eigenvalue weighted by Gasteiger charge is 2.38. The first kappa shape index (κ1) is 19.6. The molecule has 0 saturated heterocycles. The largest absolute Gasteiger partial charge is 0.497 e. The second-order valence-corrected chi connectivity index (χ2v) is 7.00. The van der Waals surface area contributed by atoms with Gasteiger partial charge < -0.3 is 24.9 Å². The number of ether oxygens (including phenoxy) is 3. The Labute approximate surface area is 173 Å². The van der Waals surface area contributed by atoms with E-state index in [0.29, 0.717) is 33.5 Å². The zero-order valence-corrected chi connectivity index (χ0v) is 16.9. The Kier molecular flexibility index (Phi) is 4.95. The van der Waals surface area contributed by atoms with Gasteiger partial charge in [-0.1, -0.05) is 24.3 Å². The van der Waals surface area contributed by atoms with Crippen LogP contribution in [0, 0.1) is 6.92 Å². The Morgan fingerprint density at radius 3 is 2.60 bits per heavy atom. The van der Waals surface area contributed by atoms with Gasteiger partial charge in [-0.15, -0.1) is 0 Å². The topological polar surface area (TPSA) is 104 Å². The summed E-state index contributed by atoms with van der Waals surface area (Å²) in [5.74, 6) is -0.430. The second-order valence-electron chi connectivity index (χ2n) is 7.00. The molecule has 154 valence electrons. The lowest BCUT2D eigenvalue weighted by molar-refractivity contribution is -0.139. The molecule has 1 aromatic heterocycles. The third-order valence-corrected chi connectivity index (χ3v) is 5.24. The first-order valence-electron chi connectivity index (χ1n) is 9.60. The number of benzene rings is 2. The number of nitrogens with two attached hydrogens (primary N) is 1. The number of methoxy groups -OCH3 is 1. The predicted molar refractivity (Wildman–Crippen MR) is 113 cm³/mol. The van der Waals surface area contributed by atoms with Crippen molar-refractivity contribution in [1.82, 2.24) is 4.98 Å². The number of carbonyl (C=O) groups is 1. The average molecular weight is 406 g/mol. The van der Waals surface area contributed by atoms with Gasteiger partial charge in [0, 0.05) is 5.39 Å². The molecule has 4 rings (SSSR count). The quantitative estimate of drug-likeness (QED) is 0.646. The van der Waals surface area contributed by atoms with E-state index >= 15 is 0 Å². The summed E-state index contributed by atoms with van der Waals surface area (Å²) in [6.07, 6.45) is 0. The third kappa shape index (κ3) is 3.08. The molecule has 2 aromatic carbocycles. The van der Waals surface area contributed by atoms with Gasteiger partial charge in [0.15, 0.2) is 0 Å². The Bertz CT molecular complexity index is 1220. The number of fused-ring (bicyclic) bond motifs is 3. The second kappa shape index (κ2) is 7.59. The van der Waals surface area contributed by atoms with Crippen molar-refractivity contribution in [3.63, 3.8) is 0 Å². The lowest BCUT2D eigenvalue weighted by atomic mass is 9.82. The molecule has 0 bridgehead atoms. The van der Waals surface area contributed by atoms with Crippen LogP contribution in [0.1, 0.15) is 29.5 Å². The zero-order chi connectivity index (χ0) is 21.4. The van der Waals surface area contributed by atoms with E-state index in [1.807, 2.05) is 25.1 Å². The Morgan fingerprint density at radius 2 is 1.93 bits per heavy atom. The van der Waals surface area contributed by atoms with E-state index in [4.69, 9.17) is 19.9 Å². The molecule has 7 heteroatoms. The van der Waals surface area contributed by atoms with Gasteiger partial charge in [0.05, 0.1) is 30.7 Å². The van der Waals surface area contributed by atoms with Gasteiger partial charge >= 0.3 is 5.97 Å². The van der Waals surface area contributed by atoms with E-state index in [1.54, 1.807) is 38.3 Å². The number of H-pyrrole nitrogens is 1. The highest BCUT2D eigenvalue weighted by Crippen LogP contribution is 2.44. The maximum Gasteiger partial charge on any atom is 0.340 e.